The third-order valence-electron chi connectivity index (χ3n) is 2.62. The molecule has 2 N–H and O–H groups in total. The van der Waals surface area contributed by atoms with Crippen molar-refractivity contribution in [3.05, 3.63) is 47.5 Å². The molecule has 0 saturated heterocycles. The molecule has 0 saturated carbocycles. The Morgan fingerprint density at radius 3 is 1.78 bits per heavy atom. The first-order valence-electron chi connectivity index (χ1n) is 5.84. The maximum absolute atomic E-state index is 11.0. The molecule has 0 heterocycles. The zero-order valence-corrected chi connectivity index (χ0v) is 13.5. The third-order valence-corrected chi connectivity index (χ3v) is 4.65. The minimum Gasteiger partial charge on any atom is -0.282 e. The van der Waals surface area contributed by atoms with Crippen molar-refractivity contribution in [2.45, 2.75) is 9.79 Å². The van der Waals surface area contributed by atoms with Crippen LogP contribution in [-0.4, -0.2) is 25.9 Å². The second-order valence-corrected chi connectivity index (χ2v) is 7.51. The topological polar surface area (TPSA) is 133 Å². The summed E-state index contributed by atoms with van der Waals surface area (Å²) in [5, 5.41) is 7.56. The lowest BCUT2D eigenvalue weighted by atomic mass is 10.3. The van der Waals surface area contributed by atoms with E-state index < -0.39 is 20.2 Å². The van der Waals surface area contributed by atoms with Gasteiger partial charge in [-0.2, -0.15) is 21.9 Å². The average Bonchev–Trinajstić information content (AvgIpc) is 2.44. The van der Waals surface area contributed by atoms with Crippen LogP contribution in [0, 0.1) is 0 Å². The van der Waals surface area contributed by atoms with Crippen LogP contribution in [0.4, 0.5) is 11.4 Å². The number of hydrogen-bond acceptors (Lipinski definition) is 6. The molecule has 0 radical (unpaired) electrons. The lowest BCUT2D eigenvalue weighted by Gasteiger charge is -2.01. The molecule has 0 aliphatic rings. The number of nitrogens with zero attached hydrogens (tertiary/aromatic N) is 2. The summed E-state index contributed by atoms with van der Waals surface area (Å²) in [7, 11) is -8.65. The van der Waals surface area contributed by atoms with Gasteiger partial charge in [-0.25, -0.2) is 0 Å². The maximum Gasteiger partial charge on any atom is 0.294 e. The van der Waals surface area contributed by atoms with E-state index in [1.54, 1.807) is 0 Å². The molecule has 0 aliphatic heterocycles. The summed E-state index contributed by atoms with van der Waals surface area (Å²) in [6.07, 6.45) is 0. The quantitative estimate of drug-likeness (QED) is 0.621. The summed E-state index contributed by atoms with van der Waals surface area (Å²) in [4.78, 5) is -0.661. The van der Waals surface area contributed by atoms with Crippen LogP contribution in [-0.2, 0) is 20.2 Å². The summed E-state index contributed by atoms with van der Waals surface area (Å²) in [6.45, 7) is 0. The smallest absolute Gasteiger partial charge is 0.282 e. The van der Waals surface area contributed by atoms with Crippen molar-refractivity contribution in [2.24, 2.45) is 10.2 Å². The van der Waals surface area contributed by atoms with Crippen LogP contribution >= 0.6 is 11.6 Å². The molecule has 122 valence electrons. The van der Waals surface area contributed by atoms with Crippen LogP contribution in [0.15, 0.2) is 62.5 Å². The van der Waals surface area contributed by atoms with Crippen LogP contribution in [0.25, 0.3) is 0 Å². The van der Waals surface area contributed by atoms with Gasteiger partial charge in [0.1, 0.15) is 5.69 Å². The predicted molar refractivity (Wildman–Crippen MR) is 81.7 cm³/mol. The molecule has 0 fully saturated rings. The van der Waals surface area contributed by atoms with Crippen molar-refractivity contribution in [1.82, 2.24) is 0 Å². The van der Waals surface area contributed by atoms with Gasteiger partial charge in [0.25, 0.3) is 20.2 Å². The average molecular weight is 377 g/mol. The number of azo groups is 1. The van der Waals surface area contributed by atoms with Gasteiger partial charge in [-0.3, -0.25) is 9.11 Å². The SMILES string of the molecule is O=S(=O)(O)c1ccc(N=Nc2ccc(S(=O)(=O)O)cc2Cl)cc1. The molecule has 2 aromatic carbocycles. The van der Waals surface area contributed by atoms with E-state index in [0.29, 0.717) is 0 Å². The van der Waals surface area contributed by atoms with E-state index in [9.17, 15) is 16.8 Å². The predicted octanol–water partition coefficient (Wildman–Crippen LogP) is 3.25. The minimum absolute atomic E-state index is 0.0431. The van der Waals surface area contributed by atoms with Crippen LogP contribution in [0.3, 0.4) is 0 Å². The molecule has 8 nitrogen and oxygen atoms in total. The minimum atomic E-state index is -4.37. The number of hydrogen-bond donors (Lipinski definition) is 2. The van der Waals surface area contributed by atoms with Crippen LogP contribution in [0.5, 0.6) is 0 Å². The van der Waals surface area contributed by atoms with Gasteiger partial charge in [0.2, 0.25) is 0 Å². The first-order chi connectivity index (χ1) is 10.6. The lowest BCUT2D eigenvalue weighted by Crippen LogP contribution is -1.97. The highest BCUT2D eigenvalue weighted by atomic mass is 35.5. The Morgan fingerprint density at radius 2 is 1.30 bits per heavy atom. The Morgan fingerprint density at radius 1 is 0.783 bits per heavy atom. The van der Waals surface area contributed by atoms with Crippen molar-refractivity contribution >= 4 is 43.2 Å². The van der Waals surface area contributed by atoms with E-state index in [1.807, 2.05) is 0 Å². The zero-order chi connectivity index (χ0) is 17.3. The van der Waals surface area contributed by atoms with Gasteiger partial charge in [-0.1, -0.05) is 11.6 Å². The number of halogens is 1. The highest BCUT2D eigenvalue weighted by molar-refractivity contribution is 7.86. The second-order valence-electron chi connectivity index (χ2n) is 4.26. The summed E-state index contributed by atoms with van der Waals surface area (Å²) >= 11 is 5.85. The van der Waals surface area contributed by atoms with Crippen molar-refractivity contribution in [2.75, 3.05) is 0 Å². The lowest BCUT2D eigenvalue weighted by molar-refractivity contribution is 0.481. The second kappa shape index (κ2) is 6.34. The van der Waals surface area contributed by atoms with Gasteiger partial charge in [-0.15, -0.1) is 5.11 Å². The van der Waals surface area contributed by atoms with E-state index in [0.717, 1.165) is 24.3 Å². The standard InChI is InChI=1S/C12H9ClN2O6S2/c13-11-7-10(23(19,20)21)5-6-12(11)15-14-8-1-3-9(4-2-8)22(16,17)18/h1-7H,(H,16,17,18)(H,19,20,21). The Hall–Kier alpha value is -1.85. The Balaban J connectivity index is 2.27. The largest absolute Gasteiger partial charge is 0.294 e. The fourth-order valence-electron chi connectivity index (χ4n) is 1.53. The zero-order valence-electron chi connectivity index (χ0n) is 11.2. The van der Waals surface area contributed by atoms with Gasteiger partial charge < -0.3 is 0 Å². The number of benzene rings is 2. The van der Waals surface area contributed by atoms with Crippen LogP contribution in [0.2, 0.25) is 5.02 Å². The van der Waals surface area contributed by atoms with Crippen molar-refractivity contribution < 1.29 is 25.9 Å². The summed E-state index contributed by atoms with van der Waals surface area (Å²) < 4.78 is 61.5. The van der Waals surface area contributed by atoms with Gasteiger partial charge in [-0.05, 0) is 42.5 Å². The van der Waals surface area contributed by atoms with E-state index in [2.05, 4.69) is 10.2 Å². The molecular formula is C12H9ClN2O6S2. The Bertz CT molecular complexity index is 969. The normalized spacial score (nSPS) is 12.7. The van der Waals surface area contributed by atoms with Gasteiger partial charge in [0, 0.05) is 0 Å². The van der Waals surface area contributed by atoms with Crippen LogP contribution < -0.4 is 0 Å². The van der Waals surface area contributed by atoms with E-state index in [-0.39, 0.29) is 26.2 Å². The van der Waals surface area contributed by atoms with Crippen molar-refractivity contribution in [3.8, 4) is 0 Å². The van der Waals surface area contributed by atoms with E-state index >= 15 is 0 Å². The van der Waals surface area contributed by atoms with Gasteiger partial charge in [0.15, 0.2) is 0 Å². The highest BCUT2D eigenvalue weighted by Gasteiger charge is 2.12. The molecule has 0 aliphatic carbocycles. The number of rotatable bonds is 4. The fraction of sp³-hybridized carbons (Fsp3) is 0. The fourth-order valence-corrected chi connectivity index (χ4v) is 2.80. The molecular weight excluding hydrogens is 368 g/mol. The van der Waals surface area contributed by atoms with Gasteiger partial charge in [0.05, 0.1) is 20.5 Å². The molecule has 2 rings (SSSR count). The summed E-state index contributed by atoms with van der Waals surface area (Å²) in [5.74, 6) is 0. The molecule has 0 amide bonds. The molecule has 23 heavy (non-hydrogen) atoms. The Labute approximate surface area is 136 Å². The third kappa shape index (κ3) is 4.56. The molecule has 0 spiro atoms. The monoisotopic (exact) mass is 376 g/mol. The summed E-state index contributed by atoms with van der Waals surface area (Å²) in [6, 6.07) is 8.30. The van der Waals surface area contributed by atoms with Crippen molar-refractivity contribution in [3.63, 3.8) is 0 Å². The first kappa shape index (κ1) is 17.5. The summed E-state index contributed by atoms with van der Waals surface area (Å²) in [5.41, 5.74) is 0.435. The Kier molecular flexibility index (Phi) is 4.82. The maximum atomic E-state index is 11.0. The first-order valence-corrected chi connectivity index (χ1v) is 9.09. The molecule has 11 heteroatoms. The van der Waals surface area contributed by atoms with E-state index in [1.165, 1.54) is 18.2 Å². The highest BCUT2D eigenvalue weighted by Crippen LogP contribution is 2.29. The van der Waals surface area contributed by atoms with Crippen LogP contribution in [0.1, 0.15) is 0 Å². The molecule has 0 aromatic heterocycles. The molecule has 0 bridgehead atoms. The van der Waals surface area contributed by atoms with Gasteiger partial charge >= 0.3 is 0 Å². The molecule has 0 unspecified atom stereocenters. The molecule has 0 atom stereocenters. The van der Waals surface area contributed by atoms with Crippen molar-refractivity contribution in [1.29, 1.82) is 0 Å². The van der Waals surface area contributed by atoms with E-state index in [4.69, 9.17) is 20.7 Å². The molecule has 2 aromatic rings.